The van der Waals surface area contributed by atoms with Crippen LogP contribution in [-0.4, -0.2) is 49.9 Å². The average molecular weight is 398 g/mol. The van der Waals surface area contributed by atoms with Gasteiger partial charge >= 0.3 is 6.09 Å². The number of rotatable bonds is 6. The summed E-state index contributed by atoms with van der Waals surface area (Å²) in [7, 11) is 1.62. The summed E-state index contributed by atoms with van der Waals surface area (Å²) in [5.41, 5.74) is 1.97. The predicted molar refractivity (Wildman–Crippen MR) is 110 cm³/mol. The molecule has 0 radical (unpaired) electrons. The van der Waals surface area contributed by atoms with E-state index in [0.29, 0.717) is 12.6 Å². The lowest BCUT2D eigenvalue weighted by Crippen LogP contribution is -2.49. The van der Waals surface area contributed by atoms with Crippen LogP contribution in [0.4, 0.5) is 14.9 Å². The van der Waals surface area contributed by atoms with Gasteiger partial charge in [0.1, 0.15) is 18.2 Å². The molecule has 4 rings (SSSR count). The van der Waals surface area contributed by atoms with Gasteiger partial charge in [0, 0.05) is 18.3 Å². The molecule has 0 aliphatic carbocycles. The largest absolute Gasteiger partial charge is 0.497 e. The molecule has 154 valence electrons. The molecule has 2 aromatic rings. The van der Waals surface area contributed by atoms with Crippen LogP contribution in [0, 0.1) is 5.82 Å². The molecule has 2 aromatic carbocycles. The van der Waals surface area contributed by atoms with Crippen molar-refractivity contribution in [2.75, 3.05) is 31.7 Å². The van der Waals surface area contributed by atoms with Crippen molar-refractivity contribution in [3.05, 3.63) is 59.9 Å². The lowest BCUT2D eigenvalue weighted by molar-refractivity contribution is 0.132. The standard InChI is InChI=1S/C23H27FN2O3/c1-28-22-11-9-19(10-12-22)26-21(16-29-23(26)27)15-25-13-3-2-4-20(25)14-17-5-7-18(24)8-6-17/h5-12,20-21H,2-4,13-16H2,1H3. The number of benzene rings is 2. The molecule has 1 amide bonds. The Labute approximate surface area is 171 Å². The first-order valence-electron chi connectivity index (χ1n) is 10.2. The molecule has 2 saturated heterocycles. The van der Waals surface area contributed by atoms with Crippen LogP contribution in [0.3, 0.4) is 0 Å². The molecule has 2 aliphatic heterocycles. The first-order chi connectivity index (χ1) is 14.1. The number of cyclic esters (lactones) is 1. The van der Waals surface area contributed by atoms with Gasteiger partial charge in [-0.3, -0.25) is 9.80 Å². The smallest absolute Gasteiger partial charge is 0.414 e. The Balaban J connectivity index is 1.47. The van der Waals surface area contributed by atoms with Crippen molar-refractivity contribution in [1.82, 2.24) is 4.90 Å². The number of likely N-dealkylation sites (tertiary alicyclic amines) is 1. The van der Waals surface area contributed by atoms with Crippen LogP contribution < -0.4 is 9.64 Å². The van der Waals surface area contributed by atoms with E-state index >= 15 is 0 Å². The van der Waals surface area contributed by atoms with Crippen LogP contribution in [0.2, 0.25) is 0 Å². The quantitative estimate of drug-likeness (QED) is 0.729. The van der Waals surface area contributed by atoms with Crippen molar-refractivity contribution in [1.29, 1.82) is 0 Å². The summed E-state index contributed by atoms with van der Waals surface area (Å²) in [6.07, 6.45) is 4.06. The van der Waals surface area contributed by atoms with Gasteiger partial charge < -0.3 is 9.47 Å². The maximum absolute atomic E-state index is 13.2. The number of nitrogens with zero attached hydrogens (tertiary/aromatic N) is 2. The van der Waals surface area contributed by atoms with Crippen molar-refractivity contribution in [3.8, 4) is 5.75 Å². The third kappa shape index (κ3) is 4.53. The molecule has 2 unspecified atom stereocenters. The van der Waals surface area contributed by atoms with Crippen molar-refractivity contribution >= 4 is 11.8 Å². The normalized spacial score (nSPS) is 22.6. The molecule has 2 atom stereocenters. The summed E-state index contributed by atoms with van der Waals surface area (Å²) in [6.45, 7) is 2.17. The summed E-state index contributed by atoms with van der Waals surface area (Å²) >= 11 is 0. The second kappa shape index (κ2) is 8.82. The fourth-order valence-corrected chi connectivity index (χ4v) is 4.35. The van der Waals surface area contributed by atoms with Gasteiger partial charge in [-0.1, -0.05) is 18.6 Å². The Morgan fingerprint density at radius 2 is 1.83 bits per heavy atom. The van der Waals surface area contributed by atoms with Crippen molar-refractivity contribution in [2.45, 2.75) is 37.8 Å². The second-order valence-electron chi connectivity index (χ2n) is 7.77. The number of carbonyl (C=O) groups is 1. The molecule has 0 bridgehead atoms. The highest BCUT2D eigenvalue weighted by molar-refractivity contribution is 5.90. The van der Waals surface area contributed by atoms with Crippen LogP contribution in [-0.2, 0) is 11.2 Å². The van der Waals surface area contributed by atoms with E-state index in [-0.39, 0.29) is 18.0 Å². The van der Waals surface area contributed by atoms with Crippen LogP contribution in [0.5, 0.6) is 5.75 Å². The van der Waals surface area contributed by atoms with Crippen molar-refractivity contribution in [2.24, 2.45) is 0 Å². The van der Waals surface area contributed by atoms with E-state index < -0.39 is 0 Å². The average Bonchev–Trinajstić information content (AvgIpc) is 3.11. The molecule has 2 fully saturated rings. The number of anilines is 1. The predicted octanol–water partition coefficient (Wildman–Crippen LogP) is 4.26. The number of carbonyl (C=O) groups excluding carboxylic acids is 1. The second-order valence-corrected chi connectivity index (χ2v) is 7.77. The fraction of sp³-hybridized carbons (Fsp3) is 0.435. The van der Waals surface area contributed by atoms with Gasteiger partial charge in [0.15, 0.2) is 0 Å². The molecule has 29 heavy (non-hydrogen) atoms. The summed E-state index contributed by atoms with van der Waals surface area (Å²) in [5, 5.41) is 0. The molecule has 5 nitrogen and oxygen atoms in total. The SMILES string of the molecule is COc1ccc(N2C(=O)OCC2CN2CCCCC2Cc2ccc(F)cc2)cc1. The Morgan fingerprint density at radius 3 is 2.55 bits per heavy atom. The first kappa shape index (κ1) is 19.7. The fourth-order valence-electron chi connectivity index (χ4n) is 4.35. The molecule has 0 spiro atoms. The maximum atomic E-state index is 13.2. The molecule has 6 heteroatoms. The minimum absolute atomic E-state index is 0.0234. The highest BCUT2D eigenvalue weighted by Crippen LogP contribution is 2.28. The van der Waals surface area contributed by atoms with E-state index in [1.807, 2.05) is 36.4 Å². The van der Waals surface area contributed by atoms with Crippen LogP contribution >= 0.6 is 0 Å². The highest BCUT2D eigenvalue weighted by Gasteiger charge is 2.37. The Morgan fingerprint density at radius 1 is 1.07 bits per heavy atom. The molecular formula is C23H27FN2O3. The van der Waals surface area contributed by atoms with Gasteiger partial charge in [0.2, 0.25) is 0 Å². The summed E-state index contributed by atoms with van der Waals surface area (Å²) < 4.78 is 23.8. The van der Waals surface area contributed by atoms with Crippen LogP contribution in [0.15, 0.2) is 48.5 Å². The van der Waals surface area contributed by atoms with Gasteiger partial charge in [-0.2, -0.15) is 0 Å². The maximum Gasteiger partial charge on any atom is 0.414 e. The summed E-state index contributed by atoms with van der Waals surface area (Å²) in [4.78, 5) is 16.6. The molecule has 2 aliphatic rings. The van der Waals surface area contributed by atoms with Gasteiger partial charge in [-0.15, -0.1) is 0 Å². The molecule has 0 aromatic heterocycles. The van der Waals surface area contributed by atoms with E-state index in [9.17, 15) is 9.18 Å². The number of hydrogen-bond acceptors (Lipinski definition) is 4. The zero-order valence-corrected chi connectivity index (χ0v) is 16.7. The highest BCUT2D eigenvalue weighted by atomic mass is 19.1. The van der Waals surface area contributed by atoms with Gasteiger partial charge in [-0.25, -0.2) is 9.18 Å². The Hall–Kier alpha value is -2.60. The molecular weight excluding hydrogens is 371 g/mol. The van der Waals surface area contributed by atoms with Gasteiger partial charge in [0.05, 0.1) is 13.2 Å². The Bertz CT molecular complexity index is 825. The van der Waals surface area contributed by atoms with E-state index in [4.69, 9.17) is 9.47 Å². The summed E-state index contributed by atoms with van der Waals surface area (Å²) in [6, 6.07) is 14.7. The minimum Gasteiger partial charge on any atom is -0.497 e. The molecule has 2 heterocycles. The van der Waals surface area contributed by atoms with E-state index in [2.05, 4.69) is 4.90 Å². The third-order valence-corrected chi connectivity index (χ3v) is 5.89. The van der Waals surface area contributed by atoms with E-state index in [1.165, 1.54) is 18.6 Å². The third-order valence-electron chi connectivity index (χ3n) is 5.89. The lowest BCUT2D eigenvalue weighted by Gasteiger charge is -2.38. The van der Waals surface area contributed by atoms with Crippen molar-refractivity contribution < 1.29 is 18.7 Å². The number of piperidine rings is 1. The summed E-state index contributed by atoms with van der Waals surface area (Å²) in [5.74, 6) is 0.555. The van der Waals surface area contributed by atoms with Crippen molar-refractivity contribution in [3.63, 3.8) is 0 Å². The minimum atomic E-state index is -0.299. The molecule has 0 saturated carbocycles. The number of amides is 1. The topological polar surface area (TPSA) is 42.0 Å². The number of methoxy groups -OCH3 is 1. The monoisotopic (exact) mass is 398 g/mol. The zero-order valence-electron chi connectivity index (χ0n) is 16.7. The number of hydrogen-bond donors (Lipinski definition) is 0. The van der Waals surface area contributed by atoms with Gasteiger partial charge in [0.25, 0.3) is 0 Å². The molecule has 0 N–H and O–H groups in total. The zero-order chi connectivity index (χ0) is 20.2. The van der Waals surface area contributed by atoms with E-state index in [0.717, 1.165) is 49.4 Å². The number of halogens is 1. The van der Waals surface area contributed by atoms with Gasteiger partial charge in [-0.05, 0) is 67.8 Å². The van der Waals surface area contributed by atoms with Crippen LogP contribution in [0.1, 0.15) is 24.8 Å². The lowest BCUT2D eigenvalue weighted by atomic mass is 9.95. The number of ether oxygens (including phenoxy) is 2. The van der Waals surface area contributed by atoms with E-state index in [1.54, 1.807) is 12.0 Å². The van der Waals surface area contributed by atoms with Crippen LogP contribution in [0.25, 0.3) is 0 Å². The Kier molecular flexibility index (Phi) is 6.00. The first-order valence-corrected chi connectivity index (χ1v) is 10.2.